The van der Waals surface area contributed by atoms with Gasteiger partial charge in [0.05, 0.1) is 6.20 Å². The molecule has 2 N–H and O–H groups in total. The largest absolute Gasteiger partial charge is 0.356 e. The molecule has 0 radical (unpaired) electrons. The van der Waals surface area contributed by atoms with Gasteiger partial charge in [-0.25, -0.2) is 0 Å². The summed E-state index contributed by atoms with van der Waals surface area (Å²) in [6.45, 7) is 0.720. The fraction of sp³-hybridized carbons (Fsp3) is 0.364. The monoisotopic (exact) mass is 188 g/mol. The van der Waals surface area contributed by atoms with Crippen LogP contribution in [-0.4, -0.2) is 11.7 Å². The summed E-state index contributed by atoms with van der Waals surface area (Å²) in [6.07, 6.45) is 4.17. The highest BCUT2D eigenvalue weighted by Gasteiger charge is 2.44. The second-order valence-corrected chi connectivity index (χ2v) is 4.03. The number of benzene rings is 1. The van der Waals surface area contributed by atoms with Crippen LogP contribution in [0, 0.1) is 0 Å². The maximum atomic E-state index is 5.81. The van der Waals surface area contributed by atoms with Crippen LogP contribution in [0.5, 0.6) is 0 Å². The molecule has 1 fully saturated rings. The number of nitrogens with zero attached hydrogens (tertiary/aromatic N) is 1. The minimum atomic E-state index is 0.213. The van der Waals surface area contributed by atoms with Gasteiger partial charge in [0.2, 0.25) is 0 Å². The Balaban J connectivity index is 2.25. The van der Waals surface area contributed by atoms with Crippen LogP contribution in [0.4, 0.5) is 0 Å². The number of fused-ring (bicyclic) bond motifs is 1. The molecular weight excluding hydrogens is 176 g/mol. The standard InChI is InChI=1S/C11H12N2O/c12-7-11(4-5-11)9-2-1-3-10-8(9)6-13-14-10/h1-3,6H,4-5,7,12H2. The molecule has 0 atom stereocenters. The maximum absolute atomic E-state index is 5.81. The van der Waals surface area contributed by atoms with Gasteiger partial charge in [0.15, 0.2) is 5.58 Å². The van der Waals surface area contributed by atoms with Crippen molar-refractivity contribution < 1.29 is 4.52 Å². The molecule has 1 aliphatic rings. The summed E-state index contributed by atoms with van der Waals surface area (Å²) in [4.78, 5) is 0. The minimum absolute atomic E-state index is 0.213. The first-order valence-electron chi connectivity index (χ1n) is 4.90. The van der Waals surface area contributed by atoms with Gasteiger partial charge in [-0.15, -0.1) is 0 Å². The van der Waals surface area contributed by atoms with Crippen LogP contribution in [-0.2, 0) is 5.41 Å². The summed E-state index contributed by atoms with van der Waals surface area (Å²) in [5.74, 6) is 0. The summed E-state index contributed by atoms with van der Waals surface area (Å²) in [6, 6.07) is 6.09. The molecule has 3 heteroatoms. The van der Waals surface area contributed by atoms with E-state index in [1.54, 1.807) is 6.20 Å². The van der Waals surface area contributed by atoms with Crippen molar-refractivity contribution in [1.29, 1.82) is 0 Å². The first kappa shape index (κ1) is 8.00. The molecule has 3 nitrogen and oxygen atoms in total. The van der Waals surface area contributed by atoms with Gasteiger partial charge < -0.3 is 10.3 Å². The highest BCUT2D eigenvalue weighted by Crippen LogP contribution is 2.49. The third-order valence-electron chi connectivity index (χ3n) is 3.21. The lowest BCUT2D eigenvalue weighted by Crippen LogP contribution is -2.19. The van der Waals surface area contributed by atoms with Crippen LogP contribution in [0.3, 0.4) is 0 Å². The predicted molar refractivity (Wildman–Crippen MR) is 54.0 cm³/mol. The van der Waals surface area contributed by atoms with Crippen molar-refractivity contribution in [2.75, 3.05) is 6.54 Å². The van der Waals surface area contributed by atoms with Gasteiger partial charge in [-0.2, -0.15) is 0 Å². The van der Waals surface area contributed by atoms with Gasteiger partial charge in [0.1, 0.15) is 0 Å². The Kier molecular flexibility index (Phi) is 1.47. The van der Waals surface area contributed by atoms with Crippen molar-refractivity contribution in [3.63, 3.8) is 0 Å². The summed E-state index contributed by atoms with van der Waals surface area (Å²) in [7, 11) is 0. The van der Waals surface area contributed by atoms with E-state index in [9.17, 15) is 0 Å². The maximum Gasteiger partial charge on any atom is 0.167 e. The van der Waals surface area contributed by atoms with Gasteiger partial charge in [0.25, 0.3) is 0 Å². The molecule has 2 aromatic rings. The van der Waals surface area contributed by atoms with Crippen LogP contribution in [0.2, 0.25) is 0 Å². The van der Waals surface area contributed by atoms with E-state index in [0.29, 0.717) is 0 Å². The molecule has 1 saturated carbocycles. The SMILES string of the molecule is NCC1(c2cccc3oncc23)CC1. The number of rotatable bonds is 2. The van der Waals surface area contributed by atoms with Crippen LogP contribution in [0.15, 0.2) is 28.9 Å². The fourth-order valence-electron chi connectivity index (χ4n) is 2.09. The lowest BCUT2D eigenvalue weighted by atomic mass is 9.93. The Morgan fingerprint density at radius 1 is 1.43 bits per heavy atom. The van der Waals surface area contributed by atoms with Crippen molar-refractivity contribution in [3.8, 4) is 0 Å². The van der Waals surface area contributed by atoms with Crippen molar-refractivity contribution in [1.82, 2.24) is 5.16 Å². The zero-order valence-corrected chi connectivity index (χ0v) is 7.86. The number of hydrogen-bond acceptors (Lipinski definition) is 3. The molecule has 0 spiro atoms. The highest BCUT2D eigenvalue weighted by atomic mass is 16.5. The summed E-state index contributed by atoms with van der Waals surface area (Å²) >= 11 is 0. The fourth-order valence-corrected chi connectivity index (χ4v) is 2.09. The smallest absolute Gasteiger partial charge is 0.167 e. The Labute approximate surface area is 81.9 Å². The second kappa shape index (κ2) is 2.58. The lowest BCUT2D eigenvalue weighted by molar-refractivity contribution is 0.456. The molecule has 1 heterocycles. The van der Waals surface area contributed by atoms with Crippen LogP contribution >= 0.6 is 0 Å². The first-order valence-corrected chi connectivity index (χ1v) is 4.90. The molecule has 1 aliphatic carbocycles. The molecule has 0 amide bonds. The van der Waals surface area contributed by atoms with Crippen molar-refractivity contribution >= 4 is 11.0 Å². The van der Waals surface area contributed by atoms with Crippen LogP contribution < -0.4 is 5.73 Å². The molecule has 0 bridgehead atoms. The quantitative estimate of drug-likeness (QED) is 0.782. The van der Waals surface area contributed by atoms with Crippen LogP contribution in [0.25, 0.3) is 11.0 Å². The van der Waals surface area contributed by atoms with E-state index in [2.05, 4.69) is 11.2 Å². The molecule has 1 aromatic carbocycles. The summed E-state index contributed by atoms with van der Waals surface area (Å²) in [5.41, 5.74) is 8.19. The Bertz CT molecular complexity index is 471. The molecule has 72 valence electrons. The Hall–Kier alpha value is -1.35. The number of nitrogens with two attached hydrogens (primary N) is 1. The highest BCUT2D eigenvalue weighted by molar-refractivity contribution is 5.81. The summed E-state index contributed by atoms with van der Waals surface area (Å²) in [5, 5.41) is 4.94. The van der Waals surface area contributed by atoms with Gasteiger partial charge >= 0.3 is 0 Å². The normalized spacial score (nSPS) is 18.6. The molecule has 3 rings (SSSR count). The van der Waals surface area contributed by atoms with E-state index < -0.39 is 0 Å². The minimum Gasteiger partial charge on any atom is -0.356 e. The van der Waals surface area contributed by atoms with Gasteiger partial charge in [-0.3, -0.25) is 0 Å². The number of aromatic nitrogens is 1. The summed E-state index contributed by atoms with van der Waals surface area (Å²) < 4.78 is 5.14. The van der Waals surface area contributed by atoms with E-state index in [0.717, 1.165) is 17.5 Å². The average molecular weight is 188 g/mol. The van der Waals surface area contributed by atoms with Crippen molar-refractivity contribution in [2.24, 2.45) is 5.73 Å². The van der Waals surface area contributed by atoms with Crippen molar-refractivity contribution in [3.05, 3.63) is 30.0 Å². The predicted octanol–water partition coefficient (Wildman–Crippen LogP) is 1.82. The van der Waals surface area contributed by atoms with Gasteiger partial charge in [-0.1, -0.05) is 17.3 Å². The van der Waals surface area contributed by atoms with E-state index in [4.69, 9.17) is 10.3 Å². The molecule has 1 aromatic heterocycles. The molecule has 0 aliphatic heterocycles. The molecule has 0 unspecified atom stereocenters. The second-order valence-electron chi connectivity index (χ2n) is 4.03. The van der Waals surface area contributed by atoms with Gasteiger partial charge in [0, 0.05) is 17.3 Å². The Morgan fingerprint density at radius 2 is 2.29 bits per heavy atom. The average Bonchev–Trinajstić information content (AvgIpc) is 2.87. The van der Waals surface area contributed by atoms with Crippen LogP contribution in [0.1, 0.15) is 18.4 Å². The van der Waals surface area contributed by atoms with E-state index in [1.165, 1.54) is 18.4 Å². The zero-order chi connectivity index (χ0) is 9.60. The van der Waals surface area contributed by atoms with E-state index in [-0.39, 0.29) is 5.41 Å². The first-order chi connectivity index (χ1) is 6.86. The molecular formula is C11H12N2O. The van der Waals surface area contributed by atoms with E-state index in [1.807, 2.05) is 12.1 Å². The number of hydrogen-bond donors (Lipinski definition) is 1. The van der Waals surface area contributed by atoms with Crippen molar-refractivity contribution in [2.45, 2.75) is 18.3 Å². The van der Waals surface area contributed by atoms with Gasteiger partial charge in [-0.05, 0) is 24.5 Å². The third kappa shape index (κ3) is 0.930. The topological polar surface area (TPSA) is 52.0 Å². The Morgan fingerprint density at radius 3 is 3.00 bits per heavy atom. The zero-order valence-electron chi connectivity index (χ0n) is 7.86. The molecule has 14 heavy (non-hydrogen) atoms. The lowest BCUT2D eigenvalue weighted by Gasteiger charge is -2.12. The van der Waals surface area contributed by atoms with E-state index >= 15 is 0 Å². The third-order valence-corrected chi connectivity index (χ3v) is 3.21. The molecule has 0 saturated heterocycles.